The fraction of sp³-hybridized carbons (Fsp3) is 0.778. The lowest BCUT2D eigenvalue weighted by atomic mass is 10.3. The van der Waals surface area contributed by atoms with Gasteiger partial charge in [-0.3, -0.25) is 4.79 Å². The number of amides is 3. The number of nitrogens with one attached hydrogen (secondary N) is 1. The predicted octanol–water partition coefficient (Wildman–Crippen LogP) is -1.43. The maximum atomic E-state index is 11.4. The van der Waals surface area contributed by atoms with E-state index in [0.717, 1.165) is 6.54 Å². The van der Waals surface area contributed by atoms with Crippen LogP contribution in [0, 0.1) is 0 Å². The molecule has 0 radical (unpaired) electrons. The molecule has 0 spiro atoms. The lowest BCUT2D eigenvalue weighted by Gasteiger charge is -2.20. The minimum Gasteiger partial charge on any atom is -0.339 e. The minimum atomic E-state index is -0.0371. The average Bonchev–Trinajstić information content (AvgIpc) is 2.70. The third-order valence-corrected chi connectivity index (χ3v) is 2.83. The van der Waals surface area contributed by atoms with Gasteiger partial charge in [-0.15, -0.1) is 0 Å². The standard InChI is InChI=1S/C9H16N4O2/c10-7-5-8(14)13(6-7)4-3-12-2-1-11-9(12)15/h7H,1-6,10H2,(H,11,15). The third kappa shape index (κ3) is 2.20. The molecule has 0 aromatic rings. The van der Waals surface area contributed by atoms with Crippen molar-refractivity contribution in [2.24, 2.45) is 5.73 Å². The van der Waals surface area contributed by atoms with Gasteiger partial charge in [0.25, 0.3) is 0 Å². The zero-order chi connectivity index (χ0) is 10.8. The zero-order valence-corrected chi connectivity index (χ0v) is 8.61. The van der Waals surface area contributed by atoms with Crippen LogP contribution in [0.3, 0.4) is 0 Å². The monoisotopic (exact) mass is 212 g/mol. The van der Waals surface area contributed by atoms with Gasteiger partial charge in [0.05, 0.1) is 0 Å². The van der Waals surface area contributed by atoms with Gasteiger partial charge in [-0.25, -0.2) is 4.79 Å². The number of hydrogen-bond donors (Lipinski definition) is 2. The maximum Gasteiger partial charge on any atom is 0.317 e. The highest BCUT2D eigenvalue weighted by Gasteiger charge is 2.28. The number of nitrogens with zero attached hydrogens (tertiary/aromatic N) is 2. The van der Waals surface area contributed by atoms with Crippen molar-refractivity contribution < 1.29 is 9.59 Å². The van der Waals surface area contributed by atoms with Crippen molar-refractivity contribution in [1.29, 1.82) is 0 Å². The fourth-order valence-corrected chi connectivity index (χ4v) is 1.98. The second-order valence-corrected chi connectivity index (χ2v) is 4.02. The molecule has 2 aliphatic rings. The first-order chi connectivity index (χ1) is 7.16. The van der Waals surface area contributed by atoms with Gasteiger partial charge < -0.3 is 20.9 Å². The van der Waals surface area contributed by atoms with Gasteiger partial charge in [-0.05, 0) is 0 Å². The summed E-state index contributed by atoms with van der Waals surface area (Å²) in [6.07, 6.45) is 0.437. The van der Waals surface area contributed by atoms with E-state index >= 15 is 0 Å². The molecule has 0 aliphatic carbocycles. The van der Waals surface area contributed by atoms with E-state index in [1.165, 1.54) is 0 Å². The Morgan fingerprint density at radius 1 is 1.33 bits per heavy atom. The Hall–Kier alpha value is -1.30. The van der Waals surface area contributed by atoms with Crippen molar-refractivity contribution in [2.75, 3.05) is 32.7 Å². The molecule has 0 saturated carbocycles. The Morgan fingerprint density at radius 2 is 2.07 bits per heavy atom. The van der Waals surface area contributed by atoms with Gasteiger partial charge in [0, 0.05) is 45.2 Å². The van der Waals surface area contributed by atoms with Crippen molar-refractivity contribution >= 4 is 11.9 Å². The molecule has 2 fully saturated rings. The Bertz CT molecular complexity index is 281. The van der Waals surface area contributed by atoms with Gasteiger partial charge in [0.15, 0.2) is 0 Å². The topological polar surface area (TPSA) is 78.7 Å². The van der Waals surface area contributed by atoms with E-state index in [0.29, 0.717) is 32.6 Å². The molecule has 0 aromatic carbocycles. The van der Waals surface area contributed by atoms with E-state index in [1.54, 1.807) is 9.80 Å². The van der Waals surface area contributed by atoms with E-state index in [-0.39, 0.29) is 18.0 Å². The number of rotatable bonds is 3. The Labute approximate surface area is 88.4 Å². The molecule has 15 heavy (non-hydrogen) atoms. The first-order valence-electron chi connectivity index (χ1n) is 5.23. The molecule has 2 rings (SSSR count). The summed E-state index contributed by atoms with van der Waals surface area (Å²) in [6, 6.07) is -0.0733. The van der Waals surface area contributed by atoms with Gasteiger partial charge >= 0.3 is 6.03 Å². The predicted molar refractivity (Wildman–Crippen MR) is 54.1 cm³/mol. The normalized spacial score (nSPS) is 26.3. The highest BCUT2D eigenvalue weighted by Crippen LogP contribution is 2.09. The number of urea groups is 1. The van der Waals surface area contributed by atoms with Crippen LogP contribution < -0.4 is 11.1 Å². The smallest absolute Gasteiger partial charge is 0.317 e. The minimum absolute atomic E-state index is 0.0362. The van der Waals surface area contributed by atoms with Crippen LogP contribution in [0.25, 0.3) is 0 Å². The lowest BCUT2D eigenvalue weighted by Crippen LogP contribution is -2.38. The molecule has 0 aromatic heterocycles. The van der Waals surface area contributed by atoms with Crippen LogP contribution in [-0.4, -0.2) is 60.5 Å². The van der Waals surface area contributed by atoms with Crippen LogP contribution in [-0.2, 0) is 4.79 Å². The maximum absolute atomic E-state index is 11.4. The number of nitrogens with two attached hydrogens (primary N) is 1. The Morgan fingerprint density at radius 3 is 2.60 bits per heavy atom. The number of carbonyl (C=O) groups is 2. The van der Waals surface area contributed by atoms with E-state index in [4.69, 9.17) is 5.73 Å². The molecule has 2 heterocycles. The van der Waals surface area contributed by atoms with E-state index in [9.17, 15) is 9.59 Å². The molecule has 3 amide bonds. The molecule has 2 saturated heterocycles. The van der Waals surface area contributed by atoms with Gasteiger partial charge in [-0.2, -0.15) is 0 Å². The zero-order valence-electron chi connectivity index (χ0n) is 8.61. The summed E-state index contributed by atoms with van der Waals surface area (Å²) in [7, 11) is 0. The highest BCUT2D eigenvalue weighted by atomic mass is 16.2. The van der Waals surface area contributed by atoms with Gasteiger partial charge in [0.2, 0.25) is 5.91 Å². The van der Waals surface area contributed by atoms with E-state index in [1.807, 2.05) is 0 Å². The second kappa shape index (κ2) is 4.06. The van der Waals surface area contributed by atoms with Crippen molar-refractivity contribution in [3.8, 4) is 0 Å². The molecule has 2 aliphatic heterocycles. The summed E-state index contributed by atoms with van der Waals surface area (Å²) in [4.78, 5) is 26.1. The number of carbonyl (C=O) groups excluding carboxylic acids is 2. The SMILES string of the molecule is NC1CC(=O)N(CCN2CCNC2=O)C1. The van der Waals surface area contributed by atoms with E-state index < -0.39 is 0 Å². The first kappa shape index (κ1) is 10.2. The molecular formula is C9H16N4O2. The van der Waals surface area contributed by atoms with Crippen molar-refractivity contribution in [3.63, 3.8) is 0 Å². The largest absolute Gasteiger partial charge is 0.339 e. The summed E-state index contributed by atoms with van der Waals surface area (Å²) < 4.78 is 0. The quantitative estimate of drug-likeness (QED) is 0.602. The molecule has 6 nitrogen and oxygen atoms in total. The van der Waals surface area contributed by atoms with Crippen LogP contribution >= 0.6 is 0 Å². The summed E-state index contributed by atoms with van der Waals surface area (Å²) in [5.74, 6) is 0.0992. The fourth-order valence-electron chi connectivity index (χ4n) is 1.98. The van der Waals surface area contributed by atoms with Crippen LogP contribution in [0.4, 0.5) is 4.79 Å². The summed E-state index contributed by atoms with van der Waals surface area (Å²) in [5, 5.41) is 2.72. The average molecular weight is 212 g/mol. The molecule has 3 N–H and O–H groups in total. The first-order valence-corrected chi connectivity index (χ1v) is 5.23. The molecule has 6 heteroatoms. The Kier molecular flexibility index (Phi) is 2.77. The Balaban J connectivity index is 1.78. The van der Waals surface area contributed by atoms with Crippen LogP contribution in [0.2, 0.25) is 0 Å². The molecule has 1 unspecified atom stereocenters. The highest BCUT2D eigenvalue weighted by molar-refractivity contribution is 5.79. The van der Waals surface area contributed by atoms with Gasteiger partial charge in [-0.1, -0.05) is 0 Å². The second-order valence-electron chi connectivity index (χ2n) is 4.02. The summed E-state index contributed by atoms with van der Waals surface area (Å²) >= 11 is 0. The molecule has 84 valence electrons. The van der Waals surface area contributed by atoms with Crippen LogP contribution in [0.5, 0.6) is 0 Å². The number of likely N-dealkylation sites (tertiary alicyclic amines) is 1. The van der Waals surface area contributed by atoms with Crippen LogP contribution in [0.15, 0.2) is 0 Å². The lowest BCUT2D eigenvalue weighted by molar-refractivity contribution is -0.127. The van der Waals surface area contributed by atoms with Crippen molar-refractivity contribution in [2.45, 2.75) is 12.5 Å². The molecule has 1 atom stereocenters. The van der Waals surface area contributed by atoms with Crippen molar-refractivity contribution in [1.82, 2.24) is 15.1 Å². The molecular weight excluding hydrogens is 196 g/mol. The number of hydrogen-bond acceptors (Lipinski definition) is 3. The van der Waals surface area contributed by atoms with Gasteiger partial charge in [0.1, 0.15) is 0 Å². The van der Waals surface area contributed by atoms with E-state index in [2.05, 4.69) is 5.32 Å². The van der Waals surface area contributed by atoms with Crippen LogP contribution in [0.1, 0.15) is 6.42 Å². The molecule has 0 bridgehead atoms. The summed E-state index contributed by atoms with van der Waals surface area (Å²) in [5.41, 5.74) is 5.67. The third-order valence-electron chi connectivity index (χ3n) is 2.83. The summed E-state index contributed by atoms with van der Waals surface area (Å²) in [6.45, 7) is 3.25. The van der Waals surface area contributed by atoms with Crippen molar-refractivity contribution in [3.05, 3.63) is 0 Å².